The molecule has 2 aromatic heterocycles. The number of esters is 2. The minimum atomic E-state index is -0.954. The summed E-state index contributed by atoms with van der Waals surface area (Å²) in [6.45, 7) is 3.69. The molecule has 218 valence electrons. The molecule has 0 radical (unpaired) electrons. The summed E-state index contributed by atoms with van der Waals surface area (Å²) in [7, 11) is 0. The smallest absolute Gasteiger partial charge is 0.329 e. The molecular formula is C30H30N4O6S2. The van der Waals surface area contributed by atoms with E-state index < -0.39 is 35.8 Å². The van der Waals surface area contributed by atoms with Gasteiger partial charge in [-0.25, -0.2) is 19.6 Å². The number of hydrogen-bond donors (Lipinski definition) is 4. The maximum atomic E-state index is 13.5. The zero-order valence-electron chi connectivity index (χ0n) is 23.0. The summed E-state index contributed by atoms with van der Waals surface area (Å²) in [6, 6.07) is 15.4. The number of amides is 2. The normalized spacial score (nSPS) is 12.4. The fraction of sp³-hybridized carbons (Fsp3) is 0.267. The average molecular weight is 607 g/mol. The van der Waals surface area contributed by atoms with Gasteiger partial charge in [0.2, 0.25) is 0 Å². The summed E-state index contributed by atoms with van der Waals surface area (Å²) in [4.78, 5) is 61.0. The minimum absolute atomic E-state index is 0.0459. The van der Waals surface area contributed by atoms with Crippen molar-refractivity contribution in [2.75, 3.05) is 24.7 Å². The maximum Gasteiger partial charge on any atom is 0.329 e. The first-order chi connectivity index (χ1) is 20.3. The Bertz CT molecular complexity index is 1530. The highest BCUT2D eigenvalue weighted by molar-refractivity contribution is 7.80. The van der Waals surface area contributed by atoms with Crippen LogP contribution in [0.3, 0.4) is 0 Å². The van der Waals surface area contributed by atoms with Gasteiger partial charge < -0.3 is 20.1 Å². The van der Waals surface area contributed by atoms with E-state index in [4.69, 9.17) is 19.4 Å². The van der Waals surface area contributed by atoms with Crippen LogP contribution in [0.1, 0.15) is 34.6 Å². The Morgan fingerprint density at radius 3 is 1.43 bits per heavy atom. The van der Waals surface area contributed by atoms with Crippen molar-refractivity contribution in [3.05, 3.63) is 71.8 Å². The highest BCUT2D eigenvalue weighted by Crippen LogP contribution is 2.28. The van der Waals surface area contributed by atoms with Gasteiger partial charge >= 0.3 is 11.9 Å². The van der Waals surface area contributed by atoms with Gasteiger partial charge in [-0.2, -0.15) is 25.3 Å². The molecule has 4 aromatic rings. The third kappa shape index (κ3) is 6.82. The molecule has 10 nitrogen and oxygen atoms in total. The quantitative estimate of drug-likeness (QED) is 0.150. The van der Waals surface area contributed by atoms with E-state index in [0.29, 0.717) is 33.2 Å². The molecule has 0 fully saturated rings. The summed E-state index contributed by atoms with van der Waals surface area (Å²) < 4.78 is 10.1. The SMILES string of the molecule is CCOC(=O)C(CS)NC(=O)c1cc(-c2cc(C(=O)NC(CS)C(=O)OCC)c3ccccc3n2)nc2ccccc12. The van der Waals surface area contributed by atoms with E-state index in [1.807, 2.05) is 0 Å². The number of rotatable bonds is 11. The van der Waals surface area contributed by atoms with E-state index in [2.05, 4.69) is 35.9 Å². The zero-order valence-corrected chi connectivity index (χ0v) is 24.8. The fourth-order valence-electron chi connectivity index (χ4n) is 4.30. The predicted molar refractivity (Wildman–Crippen MR) is 166 cm³/mol. The number of ether oxygens (including phenoxy) is 2. The molecule has 0 aliphatic carbocycles. The van der Waals surface area contributed by atoms with Gasteiger partial charge in [-0.05, 0) is 38.1 Å². The van der Waals surface area contributed by atoms with Crippen LogP contribution in [-0.2, 0) is 19.1 Å². The van der Waals surface area contributed by atoms with Crippen molar-refractivity contribution < 1.29 is 28.7 Å². The molecule has 2 amide bonds. The molecule has 2 aromatic carbocycles. The Balaban J connectivity index is 1.80. The molecule has 0 spiro atoms. The molecule has 0 aliphatic heterocycles. The average Bonchev–Trinajstić information content (AvgIpc) is 3.01. The van der Waals surface area contributed by atoms with Crippen LogP contribution in [0.2, 0.25) is 0 Å². The number of thiol groups is 2. The number of carbonyl (C=O) groups is 4. The summed E-state index contributed by atoms with van der Waals surface area (Å²) in [5.41, 5.74) is 2.19. The lowest BCUT2D eigenvalue weighted by Crippen LogP contribution is -2.43. The van der Waals surface area contributed by atoms with Crippen molar-refractivity contribution in [1.29, 1.82) is 0 Å². The monoisotopic (exact) mass is 606 g/mol. The summed E-state index contributed by atoms with van der Waals surface area (Å²) in [5, 5.41) is 6.51. The molecule has 42 heavy (non-hydrogen) atoms. The fourth-order valence-corrected chi connectivity index (χ4v) is 4.79. The van der Waals surface area contributed by atoms with Gasteiger partial charge in [0.05, 0.1) is 46.8 Å². The first-order valence-electron chi connectivity index (χ1n) is 13.3. The molecule has 4 rings (SSSR count). The number of pyridine rings is 2. The van der Waals surface area contributed by atoms with Crippen LogP contribution < -0.4 is 10.6 Å². The number of hydrogen-bond acceptors (Lipinski definition) is 10. The Morgan fingerprint density at radius 1 is 0.690 bits per heavy atom. The van der Waals surface area contributed by atoms with Crippen molar-refractivity contribution in [2.45, 2.75) is 25.9 Å². The molecule has 2 atom stereocenters. The standard InChI is InChI=1S/C30H30N4O6S2/c1-3-39-29(37)25(15-41)33-27(35)19-13-23(31-21-11-7-5-9-17(19)21)24-14-20(18-10-6-8-12-22(18)32-24)28(36)34-26(16-42)30(38)40-4-2/h5-14,25-26,41-42H,3-4,15-16H2,1-2H3,(H,33,35)(H,34,36). The van der Waals surface area contributed by atoms with Crippen LogP contribution in [0.4, 0.5) is 0 Å². The minimum Gasteiger partial charge on any atom is -0.464 e. The Morgan fingerprint density at radius 2 is 1.07 bits per heavy atom. The lowest BCUT2D eigenvalue weighted by Gasteiger charge is -2.17. The Hall–Kier alpha value is -4.16. The van der Waals surface area contributed by atoms with E-state index in [0.717, 1.165) is 0 Å². The number of fused-ring (bicyclic) bond motifs is 2. The van der Waals surface area contributed by atoms with Crippen molar-refractivity contribution in [3.8, 4) is 11.4 Å². The van der Waals surface area contributed by atoms with Crippen molar-refractivity contribution >= 4 is 70.8 Å². The van der Waals surface area contributed by atoms with Crippen molar-refractivity contribution in [3.63, 3.8) is 0 Å². The number of carbonyl (C=O) groups excluding carboxylic acids is 4. The first kappa shape index (κ1) is 30.8. The number of para-hydroxylation sites is 2. The molecule has 0 saturated heterocycles. The van der Waals surface area contributed by atoms with Crippen LogP contribution in [0.15, 0.2) is 60.7 Å². The van der Waals surface area contributed by atoms with E-state index in [-0.39, 0.29) is 35.8 Å². The lowest BCUT2D eigenvalue weighted by atomic mass is 10.0. The van der Waals surface area contributed by atoms with Gasteiger partial charge in [-0.3, -0.25) is 9.59 Å². The third-order valence-corrected chi connectivity index (χ3v) is 7.03. The van der Waals surface area contributed by atoms with Crippen LogP contribution in [-0.4, -0.2) is 70.5 Å². The van der Waals surface area contributed by atoms with Crippen LogP contribution in [0.5, 0.6) is 0 Å². The number of aromatic nitrogens is 2. The topological polar surface area (TPSA) is 137 Å². The molecule has 2 heterocycles. The molecular weight excluding hydrogens is 576 g/mol. The van der Waals surface area contributed by atoms with E-state index in [1.54, 1.807) is 74.5 Å². The van der Waals surface area contributed by atoms with Crippen LogP contribution in [0.25, 0.3) is 33.2 Å². The Kier molecular flexibility index (Phi) is 10.4. The molecule has 2 N–H and O–H groups in total. The van der Waals surface area contributed by atoms with E-state index in [1.165, 1.54) is 0 Å². The summed E-state index contributed by atoms with van der Waals surface area (Å²) in [5.74, 6) is -2.13. The van der Waals surface area contributed by atoms with Gasteiger partial charge in [0.25, 0.3) is 11.8 Å². The van der Waals surface area contributed by atoms with Crippen molar-refractivity contribution in [1.82, 2.24) is 20.6 Å². The number of nitrogens with zero attached hydrogens (tertiary/aromatic N) is 2. The zero-order chi connectivity index (χ0) is 30.2. The third-order valence-electron chi connectivity index (χ3n) is 6.30. The van der Waals surface area contributed by atoms with Crippen LogP contribution >= 0.6 is 25.3 Å². The van der Waals surface area contributed by atoms with Crippen molar-refractivity contribution in [2.24, 2.45) is 0 Å². The predicted octanol–water partition coefficient (Wildman–Crippen LogP) is 3.63. The van der Waals surface area contributed by atoms with Gasteiger partial charge in [0.1, 0.15) is 12.1 Å². The molecule has 12 heteroatoms. The second kappa shape index (κ2) is 14.1. The lowest BCUT2D eigenvalue weighted by molar-refractivity contribution is -0.145. The summed E-state index contributed by atoms with van der Waals surface area (Å²) >= 11 is 8.39. The Labute approximate surface area is 253 Å². The largest absolute Gasteiger partial charge is 0.464 e. The van der Waals surface area contributed by atoms with E-state index >= 15 is 0 Å². The maximum absolute atomic E-state index is 13.5. The molecule has 0 bridgehead atoms. The summed E-state index contributed by atoms with van der Waals surface area (Å²) in [6.07, 6.45) is 0. The first-order valence-corrected chi connectivity index (χ1v) is 14.5. The van der Waals surface area contributed by atoms with Gasteiger partial charge in [-0.15, -0.1) is 0 Å². The van der Waals surface area contributed by atoms with Gasteiger partial charge in [0.15, 0.2) is 0 Å². The number of nitrogens with one attached hydrogen (secondary N) is 2. The highest BCUT2D eigenvalue weighted by Gasteiger charge is 2.25. The molecule has 0 saturated carbocycles. The number of benzene rings is 2. The van der Waals surface area contributed by atoms with Gasteiger partial charge in [0, 0.05) is 22.3 Å². The van der Waals surface area contributed by atoms with E-state index in [9.17, 15) is 19.2 Å². The second-order valence-electron chi connectivity index (χ2n) is 9.07. The highest BCUT2D eigenvalue weighted by atomic mass is 32.1. The van der Waals surface area contributed by atoms with Gasteiger partial charge in [-0.1, -0.05) is 36.4 Å². The van der Waals surface area contributed by atoms with Crippen LogP contribution in [0, 0.1) is 0 Å². The molecule has 2 unspecified atom stereocenters. The molecule has 0 aliphatic rings. The second-order valence-corrected chi connectivity index (χ2v) is 9.80.